The highest BCUT2D eigenvalue weighted by Gasteiger charge is 2.33. The second-order valence-electron chi connectivity index (χ2n) is 6.21. The number of nitrogens with zero attached hydrogens (tertiary/aromatic N) is 2. The summed E-state index contributed by atoms with van der Waals surface area (Å²) < 4.78 is 0. The Hall–Kier alpha value is -3.54. The van der Waals surface area contributed by atoms with Gasteiger partial charge in [-0.1, -0.05) is 6.07 Å². The average molecular weight is 345 g/mol. The third-order valence-corrected chi connectivity index (χ3v) is 4.57. The number of carbonyl (C=O) groups is 3. The predicted octanol–water partition coefficient (Wildman–Crippen LogP) is 3.02. The molecule has 3 amide bonds. The maximum Gasteiger partial charge on any atom is 0.261 e. The largest absolute Gasteiger partial charge is 0.321 e. The minimum Gasteiger partial charge on any atom is -0.321 e. The van der Waals surface area contributed by atoms with Gasteiger partial charge in [0.05, 0.1) is 22.3 Å². The zero-order chi connectivity index (χ0) is 18.4. The van der Waals surface area contributed by atoms with Gasteiger partial charge in [-0.05, 0) is 48.9 Å². The van der Waals surface area contributed by atoms with Crippen LogP contribution in [0.2, 0.25) is 0 Å². The van der Waals surface area contributed by atoms with Crippen LogP contribution in [0, 0.1) is 6.92 Å². The first kappa shape index (κ1) is 16.0. The number of imide groups is 1. The Morgan fingerprint density at radius 3 is 2.62 bits per heavy atom. The summed E-state index contributed by atoms with van der Waals surface area (Å²) in [5.74, 6) is -1.10. The number of nitrogens with one attached hydrogen (secondary N) is 1. The number of aromatic nitrogens is 1. The molecule has 0 fully saturated rings. The molecule has 1 aliphatic heterocycles. The van der Waals surface area contributed by atoms with Gasteiger partial charge in [0.1, 0.15) is 0 Å². The van der Waals surface area contributed by atoms with Gasteiger partial charge in [-0.3, -0.25) is 24.3 Å². The Morgan fingerprint density at radius 2 is 1.81 bits per heavy atom. The molecule has 1 N–H and O–H groups in total. The molecular weight excluding hydrogens is 330 g/mol. The molecule has 128 valence electrons. The number of benzene rings is 2. The summed E-state index contributed by atoms with van der Waals surface area (Å²) in [4.78, 5) is 42.1. The van der Waals surface area contributed by atoms with Gasteiger partial charge in [0, 0.05) is 24.2 Å². The number of aryl methyl sites for hydroxylation is 1. The molecule has 6 heteroatoms. The van der Waals surface area contributed by atoms with Crippen LogP contribution in [0.1, 0.15) is 36.6 Å². The molecule has 0 bridgehead atoms. The molecule has 0 aliphatic carbocycles. The quantitative estimate of drug-likeness (QED) is 0.724. The molecule has 1 aromatic heterocycles. The van der Waals surface area contributed by atoms with Crippen molar-refractivity contribution in [3.8, 4) is 0 Å². The molecule has 4 rings (SSSR count). The Balaban J connectivity index is 1.70. The second kappa shape index (κ2) is 5.77. The predicted molar refractivity (Wildman–Crippen MR) is 97.3 cm³/mol. The van der Waals surface area contributed by atoms with E-state index in [4.69, 9.17) is 0 Å². The van der Waals surface area contributed by atoms with E-state index in [0.29, 0.717) is 16.8 Å². The fourth-order valence-corrected chi connectivity index (χ4v) is 3.12. The highest BCUT2D eigenvalue weighted by atomic mass is 16.2. The van der Waals surface area contributed by atoms with E-state index >= 15 is 0 Å². The molecule has 0 atom stereocenters. The molecule has 2 aromatic carbocycles. The van der Waals surface area contributed by atoms with Gasteiger partial charge in [-0.2, -0.15) is 0 Å². The molecule has 0 spiro atoms. The SMILES string of the molecule is Cc1ccc(NC(=O)c2ccc3c(c2)C(=O)N(C)C3=O)c2cccnc12. The van der Waals surface area contributed by atoms with Gasteiger partial charge < -0.3 is 5.32 Å². The first-order valence-electron chi connectivity index (χ1n) is 8.09. The zero-order valence-corrected chi connectivity index (χ0v) is 14.2. The highest BCUT2D eigenvalue weighted by molar-refractivity contribution is 6.22. The number of rotatable bonds is 2. The van der Waals surface area contributed by atoms with Gasteiger partial charge in [0.2, 0.25) is 0 Å². The summed E-state index contributed by atoms with van der Waals surface area (Å²) in [6.07, 6.45) is 1.71. The fraction of sp³-hybridized carbons (Fsp3) is 0.100. The normalized spacial score (nSPS) is 13.2. The molecule has 0 unspecified atom stereocenters. The molecule has 3 aromatic rings. The highest BCUT2D eigenvalue weighted by Crippen LogP contribution is 2.26. The average Bonchev–Trinajstić information content (AvgIpc) is 2.88. The Labute approximate surface area is 149 Å². The molecule has 0 saturated heterocycles. The molecular formula is C20H15N3O3. The van der Waals surface area contributed by atoms with Gasteiger partial charge in [-0.15, -0.1) is 0 Å². The smallest absolute Gasteiger partial charge is 0.261 e. The number of fused-ring (bicyclic) bond motifs is 2. The minimum absolute atomic E-state index is 0.251. The van der Waals surface area contributed by atoms with E-state index in [1.54, 1.807) is 12.3 Å². The first-order chi connectivity index (χ1) is 12.5. The second-order valence-corrected chi connectivity index (χ2v) is 6.21. The summed E-state index contributed by atoms with van der Waals surface area (Å²) in [7, 11) is 1.43. The van der Waals surface area contributed by atoms with E-state index in [-0.39, 0.29) is 17.4 Å². The van der Waals surface area contributed by atoms with Gasteiger partial charge in [0.15, 0.2) is 0 Å². The Bertz CT molecular complexity index is 1100. The fourth-order valence-electron chi connectivity index (χ4n) is 3.12. The van der Waals surface area contributed by atoms with E-state index in [1.165, 1.54) is 19.2 Å². The molecule has 6 nitrogen and oxygen atoms in total. The molecule has 1 aliphatic rings. The van der Waals surface area contributed by atoms with Crippen molar-refractivity contribution in [1.82, 2.24) is 9.88 Å². The summed E-state index contributed by atoms with van der Waals surface area (Å²) in [5, 5.41) is 3.71. The lowest BCUT2D eigenvalue weighted by Gasteiger charge is -2.10. The van der Waals surface area contributed by atoms with E-state index in [2.05, 4.69) is 10.3 Å². The van der Waals surface area contributed by atoms with Crippen LogP contribution in [-0.4, -0.2) is 34.7 Å². The van der Waals surface area contributed by atoms with Crippen molar-refractivity contribution in [1.29, 1.82) is 0 Å². The lowest BCUT2D eigenvalue weighted by atomic mass is 10.0. The van der Waals surface area contributed by atoms with Crippen molar-refractivity contribution >= 4 is 34.3 Å². The molecule has 0 radical (unpaired) electrons. The van der Waals surface area contributed by atoms with Crippen molar-refractivity contribution in [2.24, 2.45) is 0 Å². The number of hydrogen-bond donors (Lipinski definition) is 1. The van der Waals surface area contributed by atoms with Crippen LogP contribution in [0.25, 0.3) is 10.9 Å². The van der Waals surface area contributed by atoms with Crippen LogP contribution < -0.4 is 5.32 Å². The van der Waals surface area contributed by atoms with Crippen LogP contribution in [0.5, 0.6) is 0 Å². The lowest BCUT2D eigenvalue weighted by Crippen LogP contribution is -2.24. The standard InChI is InChI=1S/C20H15N3O3/c1-11-5-8-16(14-4-3-9-21-17(11)14)22-18(24)12-6-7-13-15(10-12)20(26)23(2)19(13)25/h3-10H,1-2H3,(H,22,24). The summed E-state index contributed by atoms with van der Waals surface area (Å²) in [5.41, 5.74) is 3.37. The van der Waals surface area contributed by atoms with Crippen LogP contribution in [-0.2, 0) is 0 Å². The summed E-state index contributed by atoms with van der Waals surface area (Å²) >= 11 is 0. The van der Waals surface area contributed by atoms with Gasteiger partial charge in [-0.25, -0.2) is 0 Å². The van der Waals surface area contributed by atoms with E-state index < -0.39 is 5.91 Å². The number of amides is 3. The topological polar surface area (TPSA) is 79.4 Å². The zero-order valence-electron chi connectivity index (χ0n) is 14.2. The van der Waals surface area contributed by atoms with Gasteiger partial charge in [0.25, 0.3) is 17.7 Å². The number of carbonyl (C=O) groups excluding carboxylic acids is 3. The third-order valence-electron chi connectivity index (χ3n) is 4.57. The number of pyridine rings is 1. The Kier molecular flexibility index (Phi) is 3.54. The Morgan fingerprint density at radius 1 is 1.04 bits per heavy atom. The number of anilines is 1. The van der Waals surface area contributed by atoms with Crippen molar-refractivity contribution < 1.29 is 14.4 Å². The molecule has 26 heavy (non-hydrogen) atoms. The van der Waals surface area contributed by atoms with Crippen molar-refractivity contribution in [3.63, 3.8) is 0 Å². The summed E-state index contributed by atoms with van der Waals surface area (Å²) in [6.45, 7) is 1.96. The maximum absolute atomic E-state index is 12.7. The van der Waals surface area contributed by atoms with Crippen LogP contribution in [0.15, 0.2) is 48.7 Å². The van der Waals surface area contributed by atoms with Crippen molar-refractivity contribution in [2.75, 3.05) is 12.4 Å². The first-order valence-corrected chi connectivity index (χ1v) is 8.09. The van der Waals surface area contributed by atoms with Crippen molar-refractivity contribution in [3.05, 3.63) is 70.9 Å². The van der Waals surface area contributed by atoms with E-state index in [0.717, 1.165) is 21.4 Å². The number of hydrogen-bond acceptors (Lipinski definition) is 4. The van der Waals surface area contributed by atoms with Crippen LogP contribution in [0.4, 0.5) is 5.69 Å². The minimum atomic E-state index is -0.398. The van der Waals surface area contributed by atoms with Crippen LogP contribution in [0.3, 0.4) is 0 Å². The third kappa shape index (κ3) is 2.35. The van der Waals surface area contributed by atoms with E-state index in [1.807, 2.05) is 31.2 Å². The monoisotopic (exact) mass is 345 g/mol. The van der Waals surface area contributed by atoms with E-state index in [9.17, 15) is 14.4 Å². The van der Waals surface area contributed by atoms with Crippen molar-refractivity contribution in [2.45, 2.75) is 6.92 Å². The molecule has 0 saturated carbocycles. The lowest BCUT2D eigenvalue weighted by molar-refractivity contribution is 0.0693. The van der Waals surface area contributed by atoms with Crippen LogP contribution >= 0.6 is 0 Å². The maximum atomic E-state index is 12.7. The summed E-state index contributed by atoms with van der Waals surface area (Å²) in [6, 6.07) is 12.0. The molecule has 2 heterocycles. The van der Waals surface area contributed by atoms with Gasteiger partial charge >= 0.3 is 0 Å².